The van der Waals surface area contributed by atoms with Crippen LogP contribution in [0.15, 0.2) is 30.3 Å². The zero-order valence-corrected chi connectivity index (χ0v) is 15.7. The quantitative estimate of drug-likeness (QED) is 0.744. The van der Waals surface area contributed by atoms with E-state index in [9.17, 15) is 9.59 Å². The molecule has 0 bridgehead atoms. The third-order valence-corrected chi connectivity index (χ3v) is 4.88. The van der Waals surface area contributed by atoms with Crippen molar-refractivity contribution in [3.63, 3.8) is 0 Å². The molecule has 0 saturated heterocycles. The third-order valence-electron chi connectivity index (χ3n) is 3.79. The summed E-state index contributed by atoms with van der Waals surface area (Å²) in [4.78, 5) is 25.7. The lowest BCUT2D eigenvalue weighted by Crippen LogP contribution is -2.43. The van der Waals surface area contributed by atoms with Crippen LogP contribution in [0.4, 0.5) is 0 Å². The maximum atomic E-state index is 12.1. The zero-order valence-electron chi connectivity index (χ0n) is 14.8. The van der Waals surface area contributed by atoms with Gasteiger partial charge in [0, 0.05) is 4.88 Å². The van der Waals surface area contributed by atoms with Crippen molar-refractivity contribution in [2.75, 3.05) is 6.61 Å². The number of hydrazine groups is 1. The van der Waals surface area contributed by atoms with E-state index in [-0.39, 0.29) is 12.5 Å². The van der Waals surface area contributed by atoms with Gasteiger partial charge in [0.1, 0.15) is 5.75 Å². The summed E-state index contributed by atoms with van der Waals surface area (Å²) < 4.78 is 5.52. The summed E-state index contributed by atoms with van der Waals surface area (Å²) in [5.41, 5.74) is 7.05. The van der Waals surface area contributed by atoms with Gasteiger partial charge in [0.15, 0.2) is 6.61 Å². The molecule has 6 heteroatoms. The molecule has 0 spiro atoms. The molecule has 0 aliphatic rings. The Morgan fingerprint density at radius 3 is 2.60 bits per heavy atom. The molecule has 0 aliphatic heterocycles. The molecule has 0 aliphatic carbocycles. The Morgan fingerprint density at radius 2 is 1.88 bits per heavy atom. The van der Waals surface area contributed by atoms with Crippen molar-refractivity contribution in [3.05, 3.63) is 51.2 Å². The van der Waals surface area contributed by atoms with Gasteiger partial charge in [-0.05, 0) is 43.0 Å². The molecule has 134 valence electrons. The van der Waals surface area contributed by atoms with E-state index in [1.807, 2.05) is 44.2 Å². The summed E-state index contributed by atoms with van der Waals surface area (Å²) in [7, 11) is 0. The average Bonchev–Trinajstić information content (AvgIpc) is 2.99. The number of carbonyl (C=O) groups excluding carboxylic acids is 2. The Bertz CT molecular complexity index is 740. The maximum absolute atomic E-state index is 12.1. The molecule has 5 nitrogen and oxygen atoms in total. The highest BCUT2D eigenvalue weighted by molar-refractivity contribution is 7.14. The van der Waals surface area contributed by atoms with Crippen LogP contribution in [0.3, 0.4) is 0 Å². The van der Waals surface area contributed by atoms with Gasteiger partial charge in [-0.2, -0.15) is 0 Å². The number of para-hydroxylation sites is 1. The van der Waals surface area contributed by atoms with E-state index in [4.69, 9.17) is 4.74 Å². The normalized spacial score (nSPS) is 10.4. The average molecular weight is 360 g/mol. The number of aryl methyl sites for hydroxylation is 3. The van der Waals surface area contributed by atoms with E-state index >= 15 is 0 Å². The van der Waals surface area contributed by atoms with Gasteiger partial charge in [0.2, 0.25) is 0 Å². The van der Waals surface area contributed by atoms with E-state index in [0.717, 1.165) is 29.7 Å². The van der Waals surface area contributed by atoms with Crippen LogP contribution in [0, 0.1) is 6.92 Å². The van der Waals surface area contributed by atoms with Crippen LogP contribution in [0.25, 0.3) is 0 Å². The highest BCUT2D eigenvalue weighted by Gasteiger charge is 2.13. The molecule has 2 rings (SSSR count). The SMILES string of the molecule is CCCc1cc(C(=O)NNC(=O)COc2ccccc2CC)sc1C. The van der Waals surface area contributed by atoms with E-state index in [2.05, 4.69) is 17.8 Å². The Labute approximate surface area is 152 Å². The molecule has 2 amide bonds. The Hall–Kier alpha value is -2.34. The summed E-state index contributed by atoms with van der Waals surface area (Å²) in [6.45, 7) is 5.98. The fourth-order valence-corrected chi connectivity index (χ4v) is 3.42. The molecule has 1 heterocycles. The van der Waals surface area contributed by atoms with E-state index in [0.29, 0.717) is 10.6 Å². The van der Waals surface area contributed by atoms with Crippen LogP contribution in [-0.2, 0) is 17.6 Å². The molecule has 1 aromatic heterocycles. The standard InChI is InChI=1S/C19H24N2O3S/c1-4-8-15-11-17(25-13(15)3)19(23)21-20-18(22)12-24-16-10-7-6-9-14(16)5-2/h6-7,9-11H,4-5,8,12H2,1-3H3,(H,20,22)(H,21,23). The van der Waals surface area contributed by atoms with E-state index in [1.165, 1.54) is 16.9 Å². The molecule has 2 aromatic rings. The van der Waals surface area contributed by atoms with Gasteiger partial charge >= 0.3 is 0 Å². The summed E-state index contributed by atoms with van der Waals surface area (Å²) in [5.74, 6) is -0.0244. The number of ether oxygens (including phenoxy) is 1. The fraction of sp³-hybridized carbons (Fsp3) is 0.368. The lowest BCUT2D eigenvalue weighted by atomic mass is 10.1. The minimum atomic E-state index is -0.402. The number of hydrogen-bond acceptors (Lipinski definition) is 4. The Kier molecular flexibility index (Phi) is 7.01. The zero-order chi connectivity index (χ0) is 18.2. The van der Waals surface area contributed by atoms with E-state index in [1.54, 1.807) is 0 Å². The van der Waals surface area contributed by atoms with Crippen LogP contribution in [0.1, 0.15) is 45.9 Å². The topological polar surface area (TPSA) is 67.4 Å². The lowest BCUT2D eigenvalue weighted by Gasteiger charge is -2.10. The van der Waals surface area contributed by atoms with Crippen molar-refractivity contribution in [1.82, 2.24) is 10.9 Å². The number of carbonyl (C=O) groups is 2. The molecule has 1 aromatic carbocycles. The van der Waals surface area contributed by atoms with Crippen molar-refractivity contribution in [2.24, 2.45) is 0 Å². The first-order chi connectivity index (χ1) is 12.0. The second-order valence-electron chi connectivity index (χ2n) is 5.69. The molecule has 0 unspecified atom stereocenters. The molecule has 0 saturated carbocycles. The van der Waals surface area contributed by atoms with Crippen molar-refractivity contribution in [1.29, 1.82) is 0 Å². The molecule has 0 radical (unpaired) electrons. The van der Waals surface area contributed by atoms with Crippen molar-refractivity contribution >= 4 is 23.2 Å². The van der Waals surface area contributed by atoms with Crippen LogP contribution in [0.5, 0.6) is 5.75 Å². The smallest absolute Gasteiger partial charge is 0.279 e. The molecular formula is C19H24N2O3S. The van der Waals surface area contributed by atoms with Crippen LogP contribution < -0.4 is 15.6 Å². The van der Waals surface area contributed by atoms with Gasteiger partial charge in [-0.1, -0.05) is 38.5 Å². The van der Waals surface area contributed by atoms with Crippen molar-refractivity contribution in [3.8, 4) is 5.75 Å². The highest BCUT2D eigenvalue weighted by atomic mass is 32.1. The van der Waals surface area contributed by atoms with Crippen LogP contribution in [-0.4, -0.2) is 18.4 Å². The molecule has 0 atom stereocenters. The highest BCUT2D eigenvalue weighted by Crippen LogP contribution is 2.22. The molecule has 2 N–H and O–H groups in total. The number of amides is 2. The summed E-state index contributed by atoms with van der Waals surface area (Å²) in [5, 5.41) is 0. The summed E-state index contributed by atoms with van der Waals surface area (Å²) >= 11 is 1.43. The van der Waals surface area contributed by atoms with Crippen molar-refractivity contribution < 1.29 is 14.3 Å². The van der Waals surface area contributed by atoms with Gasteiger partial charge in [0.25, 0.3) is 11.8 Å². The number of thiophene rings is 1. The minimum Gasteiger partial charge on any atom is -0.483 e. The third kappa shape index (κ3) is 5.32. The second-order valence-corrected chi connectivity index (χ2v) is 6.95. The lowest BCUT2D eigenvalue weighted by molar-refractivity contribution is -0.123. The molecule has 0 fully saturated rings. The number of benzene rings is 1. The monoisotopic (exact) mass is 360 g/mol. The number of hydrogen-bond donors (Lipinski definition) is 2. The van der Waals surface area contributed by atoms with Crippen LogP contribution in [0.2, 0.25) is 0 Å². The number of nitrogens with one attached hydrogen (secondary N) is 2. The predicted molar refractivity (Wildman–Crippen MR) is 100.0 cm³/mol. The van der Waals surface area contributed by atoms with Crippen LogP contribution >= 0.6 is 11.3 Å². The van der Waals surface area contributed by atoms with Gasteiger partial charge in [-0.15, -0.1) is 11.3 Å². The maximum Gasteiger partial charge on any atom is 0.279 e. The largest absolute Gasteiger partial charge is 0.483 e. The summed E-state index contributed by atoms with van der Waals surface area (Å²) in [6.07, 6.45) is 2.81. The Balaban J connectivity index is 1.83. The van der Waals surface area contributed by atoms with Crippen molar-refractivity contribution in [2.45, 2.75) is 40.0 Å². The molecular weight excluding hydrogens is 336 g/mol. The first kappa shape index (κ1) is 19.0. The van der Waals surface area contributed by atoms with Gasteiger partial charge in [0.05, 0.1) is 4.88 Å². The molecule has 25 heavy (non-hydrogen) atoms. The van der Waals surface area contributed by atoms with Gasteiger partial charge in [-0.3, -0.25) is 20.4 Å². The minimum absolute atomic E-state index is 0.151. The predicted octanol–water partition coefficient (Wildman–Crippen LogP) is 3.41. The summed E-state index contributed by atoms with van der Waals surface area (Å²) in [6, 6.07) is 9.47. The van der Waals surface area contributed by atoms with E-state index < -0.39 is 5.91 Å². The first-order valence-electron chi connectivity index (χ1n) is 8.44. The number of rotatable bonds is 7. The van der Waals surface area contributed by atoms with Gasteiger partial charge in [-0.25, -0.2) is 0 Å². The first-order valence-corrected chi connectivity index (χ1v) is 9.26. The second kappa shape index (κ2) is 9.22. The Morgan fingerprint density at radius 1 is 1.12 bits per heavy atom. The van der Waals surface area contributed by atoms with Gasteiger partial charge < -0.3 is 4.74 Å². The fourth-order valence-electron chi connectivity index (χ4n) is 2.45.